The molecule has 0 radical (unpaired) electrons. The second-order valence-electron chi connectivity index (χ2n) is 3.82. The highest BCUT2D eigenvalue weighted by Crippen LogP contribution is 2.18. The van der Waals surface area contributed by atoms with E-state index in [0.29, 0.717) is 0 Å². The Kier molecular flexibility index (Phi) is 2.86. The van der Waals surface area contributed by atoms with Gasteiger partial charge in [-0.2, -0.15) is 0 Å². The van der Waals surface area contributed by atoms with E-state index in [-0.39, 0.29) is 0 Å². The third kappa shape index (κ3) is 2.61. The summed E-state index contributed by atoms with van der Waals surface area (Å²) in [5, 5.41) is 3.49. The summed E-state index contributed by atoms with van der Waals surface area (Å²) in [6.45, 7) is 1.07. The zero-order chi connectivity index (χ0) is 9.80. The maximum absolute atomic E-state index is 5.34. The van der Waals surface area contributed by atoms with Crippen LogP contribution in [0.2, 0.25) is 0 Å². The Balaban J connectivity index is 1.85. The van der Waals surface area contributed by atoms with Crippen molar-refractivity contribution in [3.8, 4) is 12.3 Å². The lowest BCUT2D eigenvalue weighted by molar-refractivity contribution is 0.682. The molecule has 0 unspecified atom stereocenters. The Morgan fingerprint density at radius 3 is 3.00 bits per heavy atom. The van der Waals surface area contributed by atoms with Crippen molar-refractivity contribution in [3.05, 3.63) is 35.4 Å². The molecule has 0 spiro atoms. The molecule has 1 saturated carbocycles. The molecule has 72 valence electrons. The van der Waals surface area contributed by atoms with Crippen molar-refractivity contribution in [2.45, 2.75) is 25.3 Å². The van der Waals surface area contributed by atoms with E-state index in [0.717, 1.165) is 24.6 Å². The van der Waals surface area contributed by atoms with Crippen LogP contribution in [-0.2, 0) is 6.42 Å². The molecule has 1 heteroatoms. The summed E-state index contributed by atoms with van der Waals surface area (Å²) in [7, 11) is 0. The molecule has 0 heterocycles. The van der Waals surface area contributed by atoms with Crippen LogP contribution in [0.15, 0.2) is 24.3 Å². The highest BCUT2D eigenvalue weighted by Gasteiger charge is 2.19. The van der Waals surface area contributed by atoms with Gasteiger partial charge in [0.2, 0.25) is 0 Å². The minimum atomic E-state index is 0.797. The number of hydrogen-bond acceptors (Lipinski definition) is 1. The average molecular weight is 185 g/mol. The van der Waals surface area contributed by atoms with Crippen LogP contribution < -0.4 is 5.32 Å². The Morgan fingerprint density at radius 2 is 2.29 bits per heavy atom. The first kappa shape index (κ1) is 9.30. The normalized spacial score (nSPS) is 15.1. The Labute approximate surface area is 85.5 Å². The summed E-state index contributed by atoms with van der Waals surface area (Å²) in [4.78, 5) is 0. The molecule has 0 atom stereocenters. The third-order valence-corrected chi connectivity index (χ3v) is 2.52. The summed E-state index contributed by atoms with van der Waals surface area (Å²) in [6, 6.07) is 9.02. The molecule has 1 fully saturated rings. The topological polar surface area (TPSA) is 12.0 Å². The minimum Gasteiger partial charge on any atom is -0.314 e. The van der Waals surface area contributed by atoms with Gasteiger partial charge < -0.3 is 5.32 Å². The van der Waals surface area contributed by atoms with Gasteiger partial charge in [0.25, 0.3) is 0 Å². The Hall–Kier alpha value is -1.26. The monoisotopic (exact) mass is 185 g/mol. The lowest BCUT2D eigenvalue weighted by Crippen LogP contribution is -2.19. The molecule has 1 nitrogen and oxygen atoms in total. The molecule has 0 bridgehead atoms. The molecule has 1 aliphatic carbocycles. The van der Waals surface area contributed by atoms with Crippen LogP contribution in [0.4, 0.5) is 0 Å². The Morgan fingerprint density at radius 1 is 1.43 bits per heavy atom. The predicted molar refractivity (Wildman–Crippen MR) is 59.1 cm³/mol. The van der Waals surface area contributed by atoms with Gasteiger partial charge >= 0.3 is 0 Å². The maximum Gasteiger partial charge on any atom is 0.0245 e. The van der Waals surface area contributed by atoms with Gasteiger partial charge in [-0.3, -0.25) is 0 Å². The zero-order valence-electron chi connectivity index (χ0n) is 8.29. The van der Waals surface area contributed by atoms with E-state index in [4.69, 9.17) is 6.42 Å². The fraction of sp³-hybridized carbons (Fsp3) is 0.385. The second kappa shape index (κ2) is 4.30. The molecular formula is C13H15N. The van der Waals surface area contributed by atoms with Gasteiger partial charge in [0.15, 0.2) is 0 Å². The minimum absolute atomic E-state index is 0.797. The van der Waals surface area contributed by atoms with E-state index in [1.807, 2.05) is 12.1 Å². The van der Waals surface area contributed by atoms with Gasteiger partial charge in [-0.1, -0.05) is 18.1 Å². The van der Waals surface area contributed by atoms with Crippen LogP contribution in [-0.4, -0.2) is 12.6 Å². The van der Waals surface area contributed by atoms with Crippen molar-refractivity contribution in [2.24, 2.45) is 0 Å². The highest BCUT2D eigenvalue weighted by molar-refractivity contribution is 5.35. The zero-order valence-corrected chi connectivity index (χ0v) is 8.29. The number of nitrogens with one attached hydrogen (secondary N) is 1. The molecule has 0 saturated heterocycles. The first-order valence-corrected chi connectivity index (χ1v) is 5.17. The number of terminal acetylenes is 1. The van der Waals surface area contributed by atoms with E-state index in [1.165, 1.54) is 18.4 Å². The van der Waals surface area contributed by atoms with Gasteiger partial charge in [-0.25, -0.2) is 0 Å². The molecule has 1 N–H and O–H groups in total. The maximum atomic E-state index is 5.34. The molecule has 0 aliphatic heterocycles. The lowest BCUT2D eigenvalue weighted by Gasteiger charge is -2.03. The predicted octanol–water partition coefficient (Wildman–Crippen LogP) is 1.96. The number of benzene rings is 1. The fourth-order valence-electron chi connectivity index (χ4n) is 1.52. The van der Waals surface area contributed by atoms with Gasteiger partial charge in [0, 0.05) is 11.6 Å². The molecule has 0 amide bonds. The standard InChI is InChI=1S/C13H15N/c1-2-11-4-3-5-12(10-11)8-9-14-13-6-7-13/h1,3-5,10,13-14H,6-9H2. The van der Waals surface area contributed by atoms with Gasteiger partial charge in [0.1, 0.15) is 0 Å². The highest BCUT2D eigenvalue weighted by atomic mass is 14.9. The van der Waals surface area contributed by atoms with Crippen LogP contribution >= 0.6 is 0 Å². The summed E-state index contributed by atoms with van der Waals surface area (Å²) in [6.07, 6.45) is 9.12. The second-order valence-corrected chi connectivity index (χ2v) is 3.82. The van der Waals surface area contributed by atoms with Crippen molar-refractivity contribution in [2.75, 3.05) is 6.54 Å². The van der Waals surface area contributed by atoms with Crippen molar-refractivity contribution in [3.63, 3.8) is 0 Å². The largest absolute Gasteiger partial charge is 0.314 e. The van der Waals surface area contributed by atoms with Gasteiger partial charge in [0.05, 0.1) is 0 Å². The third-order valence-electron chi connectivity index (χ3n) is 2.52. The van der Waals surface area contributed by atoms with E-state index in [2.05, 4.69) is 23.4 Å². The van der Waals surface area contributed by atoms with Crippen molar-refractivity contribution in [1.82, 2.24) is 5.32 Å². The van der Waals surface area contributed by atoms with Gasteiger partial charge in [-0.05, 0) is 43.5 Å². The summed E-state index contributed by atoms with van der Waals surface area (Å²) in [5.41, 5.74) is 2.31. The smallest absolute Gasteiger partial charge is 0.0245 e. The summed E-state index contributed by atoms with van der Waals surface area (Å²) < 4.78 is 0. The van der Waals surface area contributed by atoms with Crippen LogP contribution in [0.5, 0.6) is 0 Å². The molecule has 14 heavy (non-hydrogen) atoms. The lowest BCUT2D eigenvalue weighted by atomic mass is 10.1. The van der Waals surface area contributed by atoms with Crippen LogP contribution in [0.25, 0.3) is 0 Å². The summed E-state index contributed by atoms with van der Waals surface area (Å²) in [5.74, 6) is 2.66. The SMILES string of the molecule is C#Cc1cccc(CCNC2CC2)c1. The first-order valence-electron chi connectivity index (χ1n) is 5.17. The van der Waals surface area contributed by atoms with E-state index >= 15 is 0 Å². The number of rotatable bonds is 4. The van der Waals surface area contributed by atoms with Crippen LogP contribution in [0.1, 0.15) is 24.0 Å². The molecule has 1 aromatic carbocycles. The average Bonchev–Trinajstić information content (AvgIpc) is 3.02. The van der Waals surface area contributed by atoms with Crippen molar-refractivity contribution in [1.29, 1.82) is 0 Å². The first-order chi connectivity index (χ1) is 6.88. The van der Waals surface area contributed by atoms with E-state index < -0.39 is 0 Å². The molecule has 2 rings (SSSR count). The fourth-order valence-corrected chi connectivity index (χ4v) is 1.52. The molecule has 1 aromatic rings. The summed E-state index contributed by atoms with van der Waals surface area (Å²) >= 11 is 0. The molecular weight excluding hydrogens is 170 g/mol. The van der Waals surface area contributed by atoms with E-state index in [9.17, 15) is 0 Å². The van der Waals surface area contributed by atoms with E-state index in [1.54, 1.807) is 0 Å². The van der Waals surface area contributed by atoms with Crippen LogP contribution in [0.3, 0.4) is 0 Å². The van der Waals surface area contributed by atoms with Crippen molar-refractivity contribution >= 4 is 0 Å². The molecule has 0 aromatic heterocycles. The molecule has 1 aliphatic rings. The van der Waals surface area contributed by atoms with Gasteiger partial charge in [-0.15, -0.1) is 6.42 Å². The quantitative estimate of drug-likeness (QED) is 0.707. The van der Waals surface area contributed by atoms with Crippen molar-refractivity contribution < 1.29 is 0 Å². The van der Waals surface area contributed by atoms with Crippen LogP contribution in [0, 0.1) is 12.3 Å². The number of hydrogen-bond donors (Lipinski definition) is 1. The Bertz CT molecular complexity index is 344.